The summed E-state index contributed by atoms with van der Waals surface area (Å²) in [6, 6.07) is 10.9. The second-order valence-corrected chi connectivity index (χ2v) is 4.84. The molecule has 1 aliphatic rings. The molecule has 0 amide bonds. The zero-order chi connectivity index (χ0) is 11.7. The van der Waals surface area contributed by atoms with Crippen molar-refractivity contribution in [3.63, 3.8) is 0 Å². The van der Waals surface area contributed by atoms with E-state index in [4.69, 9.17) is 10.2 Å². The van der Waals surface area contributed by atoms with Gasteiger partial charge in [-0.25, -0.2) is 0 Å². The molecular weight excluding hydrogens is 210 g/mol. The molecule has 1 aromatic carbocycles. The van der Waals surface area contributed by atoms with Crippen molar-refractivity contribution in [1.82, 2.24) is 0 Å². The van der Waals surface area contributed by atoms with Gasteiger partial charge in [0.1, 0.15) is 0 Å². The van der Waals surface area contributed by atoms with Gasteiger partial charge < -0.3 is 10.2 Å². The lowest BCUT2D eigenvalue weighted by Crippen LogP contribution is -2.29. The van der Waals surface area contributed by atoms with Gasteiger partial charge in [-0.2, -0.15) is 0 Å². The van der Waals surface area contributed by atoms with E-state index in [1.807, 2.05) is 6.07 Å². The summed E-state index contributed by atoms with van der Waals surface area (Å²) in [5.74, 6) is 0.501. The summed E-state index contributed by atoms with van der Waals surface area (Å²) in [4.78, 5) is 0. The fourth-order valence-corrected chi connectivity index (χ4v) is 2.86. The Morgan fingerprint density at radius 3 is 3.00 bits per heavy atom. The van der Waals surface area contributed by atoms with Crippen molar-refractivity contribution in [1.29, 1.82) is 0 Å². The average Bonchev–Trinajstić information content (AvgIpc) is 2.96. The molecule has 0 fully saturated rings. The molecule has 1 aliphatic carbocycles. The summed E-state index contributed by atoms with van der Waals surface area (Å²) >= 11 is 0. The molecule has 1 aromatic heterocycles. The first-order valence-corrected chi connectivity index (χ1v) is 6.19. The van der Waals surface area contributed by atoms with Crippen LogP contribution < -0.4 is 5.73 Å². The van der Waals surface area contributed by atoms with Crippen LogP contribution in [-0.2, 0) is 12.8 Å². The van der Waals surface area contributed by atoms with Gasteiger partial charge in [0.25, 0.3) is 0 Å². The SMILES string of the molecule is NC(Cc1ccoc1)C1CCc2ccccc21. The molecule has 1 heterocycles. The van der Waals surface area contributed by atoms with E-state index < -0.39 is 0 Å². The molecule has 17 heavy (non-hydrogen) atoms. The molecule has 2 aromatic rings. The van der Waals surface area contributed by atoms with E-state index in [-0.39, 0.29) is 6.04 Å². The number of furan rings is 1. The van der Waals surface area contributed by atoms with Crippen LogP contribution in [0.3, 0.4) is 0 Å². The van der Waals surface area contributed by atoms with Gasteiger partial charge in [0, 0.05) is 6.04 Å². The molecule has 0 bridgehead atoms. The highest BCUT2D eigenvalue weighted by molar-refractivity contribution is 5.36. The predicted molar refractivity (Wildman–Crippen MR) is 67.9 cm³/mol. The van der Waals surface area contributed by atoms with Crippen LogP contribution in [0.5, 0.6) is 0 Å². The van der Waals surface area contributed by atoms with Crippen LogP contribution >= 0.6 is 0 Å². The molecule has 0 spiro atoms. The van der Waals surface area contributed by atoms with Gasteiger partial charge in [-0.05, 0) is 47.9 Å². The molecule has 2 heteroatoms. The first kappa shape index (κ1) is 10.6. The quantitative estimate of drug-likeness (QED) is 0.875. The van der Waals surface area contributed by atoms with Gasteiger partial charge in [0.05, 0.1) is 12.5 Å². The molecule has 2 nitrogen and oxygen atoms in total. The van der Waals surface area contributed by atoms with Crippen molar-refractivity contribution in [2.75, 3.05) is 0 Å². The van der Waals surface area contributed by atoms with Crippen LogP contribution in [0, 0.1) is 0 Å². The van der Waals surface area contributed by atoms with Crippen molar-refractivity contribution in [2.45, 2.75) is 31.2 Å². The van der Waals surface area contributed by atoms with Crippen molar-refractivity contribution >= 4 is 0 Å². The maximum absolute atomic E-state index is 6.34. The Hall–Kier alpha value is -1.54. The monoisotopic (exact) mass is 227 g/mol. The summed E-state index contributed by atoms with van der Waals surface area (Å²) in [7, 11) is 0. The standard InChI is InChI=1S/C15H17NO/c16-15(9-11-7-8-17-10-11)14-6-5-12-3-1-2-4-13(12)14/h1-4,7-8,10,14-15H,5-6,9,16H2. The van der Waals surface area contributed by atoms with Crippen LogP contribution in [0.25, 0.3) is 0 Å². The van der Waals surface area contributed by atoms with Crippen LogP contribution in [0.15, 0.2) is 47.3 Å². The van der Waals surface area contributed by atoms with Crippen molar-refractivity contribution < 1.29 is 4.42 Å². The molecule has 88 valence electrons. The lowest BCUT2D eigenvalue weighted by molar-refractivity contribution is 0.517. The molecule has 0 saturated heterocycles. The van der Waals surface area contributed by atoms with Gasteiger partial charge in [-0.3, -0.25) is 0 Å². The average molecular weight is 227 g/mol. The van der Waals surface area contributed by atoms with Gasteiger partial charge in [-0.1, -0.05) is 24.3 Å². The first-order chi connectivity index (χ1) is 8.34. The van der Waals surface area contributed by atoms with Crippen molar-refractivity contribution in [3.8, 4) is 0 Å². The Balaban J connectivity index is 1.78. The number of hydrogen-bond donors (Lipinski definition) is 1. The Bertz CT molecular complexity index is 489. The molecule has 2 atom stereocenters. The number of rotatable bonds is 3. The smallest absolute Gasteiger partial charge is 0.0935 e. The topological polar surface area (TPSA) is 39.2 Å². The Morgan fingerprint density at radius 2 is 2.18 bits per heavy atom. The highest BCUT2D eigenvalue weighted by Crippen LogP contribution is 2.35. The van der Waals surface area contributed by atoms with Gasteiger partial charge >= 0.3 is 0 Å². The summed E-state index contributed by atoms with van der Waals surface area (Å²) in [6.45, 7) is 0. The molecule has 0 aliphatic heterocycles. The zero-order valence-corrected chi connectivity index (χ0v) is 9.80. The number of benzene rings is 1. The normalized spacial score (nSPS) is 20.2. The molecular formula is C15H17NO. The van der Waals surface area contributed by atoms with E-state index in [2.05, 4.69) is 24.3 Å². The molecule has 3 rings (SSSR count). The number of hydrogen-bond acceptors (Lipinski definition) is 2. The maximum Gasteiger partial charge on any atom is 0.0935 e. The second-order valence-electron chi connectivity index (χ2n) is 4.84. The third kappa shape index (κ3) is 2.01. The van der Waals surface area contributed by atoms with Gasteiger partial charge in [0.2, 0.25) is 0 Å². The summed E-state index contributed by atoms with van der Waals surface area (Å²) in [5.41, 5.74) is 10.5. The lowest BCUT2D eigenvalue weighted by atomic mass is 9.90. The maximum atomic E-state index is 6.34. The Kier molecular flexibility index (Phi) is 2.73. The Morgan fingerprint density at radius 1 is 1.29 bits per heavy atom. The number of fused-ring (bicyclic) bond motifs is 1. The summed E-state index contributed by atoms with van der Waals surface area (Å²) in [6.07, 6.45) is 6.75. The van der Waals surface area contributed by atoms with Gasteiger partial charge in [-0.15, -0.1) is 0 Å². The van der Waals surface area contributed by atoms with Gasteiger partial charge in [0.15, 0.2) is 0 Å². The molecule has 2 N–H and O–H groups in total. The summed E-state index contributed by atoms with van der Waals surface area (Å²) in [5, 5.41) is 0. The van der Waals surface area contributed by atoms with E-state index in [9.17, 15) is 0 Å². The van der Waals surface area contributed by atoms with Crippen molar-refractivity contribution in [3.05, 3.63) is 59.5 Å². The molecule has 2 unspecified atom stereocenters. The van der Waals surface area contributed by atoms with E-state index in [1.165, 1.54) is 29.5 Å². The summed E-state index contributed by atoms with van der Waals surface area (Å²) < 4.78 is 5.09. The highest BCUT2D eigenvalue weighted by Gasteiger charge is 2.27. The molecule has 0 radical (unpaired) electrons. The third-order valence-electron chi connectivity index (χ3n) is 3.75. The lowest BCUT2D eigenvalue weighted by Gasteiger charge is -2.19. The molecule has 0 saturated carbocycles. The van der Waals surface area contributed by atoms with Crippen LogP contribution in [0.2, 0.25) is 0 Å². The van der Waals surface area contributed by atoms with E-state index in [0.29, 0.717) is 5.92 Å². The zero-order valence-electron chi connectivity index (χ0n) is 9.80. The second kappa shape index (κ2) is 4.38. The van der Waals surface area contributed by atoms with Crippen LogP contribution in [0.1, 0.15) is 29.0 Å². The van der Waals surface area contributed by atoms with Crippen LogP contribution in [0.4, 0.5) is 0 Å². The first-order valence-electron chi connectivity index (χ1n) is 6.19. The fraction of sp³-hybridized carbons (Fsp3) is 0.333. The van der Waals surface area contributed by atoms with E-state index >= 15 is 0 Å². The van der Waals surface area contributed by atoms with E-state index in [1.54, 1.807) is 12.5 Å². The number of nitrogens with two attached hydrogens (primary N) is 1. The van der Waals surface area contributed by atoms with Crippen molar-refractivity contribution in [2.24, 2.45) is 5.73 Å². The third-order valence-corrected chi connectivity index (χ3v) is 3.75. The predicted octanol–water partition coefficient (Wildman–Crippen LogP) is 2.88. The minimum Gasteiger partial charge on any atom is -0.472 e. The van der Waals surface area contributed by atoms with Crippen LogP contribution in [-0.4, -0.2) is 6.04 Å². The minimum atomic E-state index is 0.191. The van der Waals surface area contributed by atoms with E-state index in [0.717, 1.165) is 6.42 Å². The largest absolute Gasteiger partial charge is 0.472 e. The minimum absolute atomic E-state index is 0.191. The Labute approximate surface area is 101 Å². The number of aryl methyl sites for hydroxylation is 1. The highest BCUT2D eigenvalue weighted by atomic mass is 16.3. The fourth-order valence-electron chi connectivity index (χ4n) is 2.86.